The van der Waals surface area contributed by atoms with Crippen LogP contribution in [0.5, 0.6) is 11.5 Å². The van der Waals surface area contributed by atoms with Crippen LogP contribution in [-0.4, -0.2) is 26.5 Å². The van der Waals surface area contributed by atoms with Gasteiger partial charge in [0.2, 0.25) is 6.79 Å². The van der Waals surface area contributed by atoms with Gasteiger partial charge in [0.15, 0.2) is 16.7 Å². The SMILES string of the molecule is CCn1c(CC23CC4CC(CC(C4)C2)C3)nnc1SCc1csc(-c2ccc3c(c2)OCO3)n1. The summed E-state index contributed by atoms with van der Waals surface area (Å²) in [6, 6.07) is 6.03. The van der Waals surface area contributed by atoms with Crippen LogP contribution in [-0.2, 0) is 18.7 Å². The molecule has 4 saturated carbocycles. The standard InChI is InChI=1S/C26H30N4O2S2/c1-2-30-23(12-26-9-16-5-17(10-26)7-18(6-16)11-26)28-29-25(30)34-14-20-13-33-24(27-20)19-3-4-21-22(8-19)32-15-31-21/h3-4,8,13,16-18H,2,5-7,9-12,14-15H2,1H3. The van der Waals surface area contributed by atoms with Gasteiger partial charge in [0.05, 0.1) is 5.69 Å². The molecule has 3 aromatic rings. The quantitative estimate of drug-likeness (QED) is 0.364. The molecule has 34 heavy (non-hydrogen) atoms. The van der Waals surface area contributed by atoms with E-state index in [4.69, 9.17) is 19.6 Å². The Bertz CT molecular complexity index is 1180. The highest BCUT2D eigenvalue weighted by Crippen LogP contribution is 2.61. The molecule has 4 bridgehead atoms. The molecule has 0 amide bonds. The van der Waals surface area contributed by atoms with Crippen molar-refractivity contribution >= 4 is 23.1 Å². The number of rotatable bonds is 7. The second kappa shape index (κ2) is 8.26. The van der Waals surface area contributed by atoms with Gasteiger partial charge in [-0.3, -0.25) is 0 Å². The van der Waals surface area contributed by atoms with Gasteiger partial charge < -0.3 is 14.0 Å². The molecule has 5 aliphatic rings. The summed E-state index contributed by atoms with van der Waals surface area (Å²) in [7, 11) is 0. The fourth-order valence-corrected chi connectivity index (χ4v) is 9.23. The topological polar surface area (TPSA) is 62.1 Å². The first-order chi connectivity index (χ1) is 16.7. The maximum absolute atomic E-state index is 5.52. The van der Waals surface area contributed by atoms with Gasteiger partial charge in [0.25, 0.3) is 0 Å². The van der Waals surface area contributed by atoms with Crippen molar-refractivity contribution in [3.05, 3.63) is 35.1 Å². The molecule has 1 aliphatic heterocycles. The molecule has 3 heterocycles. The number of ether oxygens (including phenoxy) is 2. The molecule has 1 aromatic carbocycles. The molecule has 0 radical (unpaired) electrons. The minimum atomic E-state index is 0.293. The lowest BCUT2D eigenvalue weighted by molar-refractivity contribution is -0.0536. The van der Waals surface area contributed by atoms with Gasteiger partial charge in [0, 0.05) is 29.7 Å². The minimum Gasteiger partial charge on any atom is -0.454 e. The molecular weight excluding hydrogens is 464 g/mol. The fourth-order valence-electron chi connectivity index (χ4n) is 7.39. The highest BCUT2D eigenvalue weighted by atomic mass is 32.2. The molecule has 4 aliphatic carbocycles. The molecule has 0 N–H and O–H groups in total. The van der Waals surface area contributed by atoms with E-state index in [1.165, 1.54) is 44.3 Å². The highest BCUT2D eigenvalue weighted by Gasteiger charge is 2.51. The van der Waals surface area contributed by atoms with Crippen molar-refractivity contribution in [2.24, 2.45) is 23.2 Å². The monoisotopic (exact) mass is 494 g/mol. The lowest BCUT2D eigenvalue weighted by Crippen LogP contribution is -2.47. The van der Waals surface area contributed by atoms with Gasteiger partial charge in [-0.2, -0.15) is 0 Å². The Labute approximate surface area is 208 Å². The van der Waals surface area contributed by atoms with Crippen molar-refractivity contribution < 1.29 is 9.47 Å². The highest BCUT2D eigenvalue weighted by molar-refractivity contribution is 7.98. The Balaban J connectivity index is 1.05. The zero-order valence-electron chi connectivity index (χ0n) is 19.5. The number of thioether (sulfide) groups is 1. The Hall–Kier alpha value is -2.06. The first-order valence-electron chi connectivity index (χ1n) is 12.6. The van der Waals surface area contributed by atoms with Crippen LogP contribution in [0, 0.1) is 23.2 Å². The summed E-state index contributed by atoms with van der Waals surface area (Å²) >= 11 is 3.43. The molecule has 6 nitrogen and oxygen atoms in total. The van der Waals surface area contributed by atoms with E-state index in [9.17, 15) is 0 Å². The molecule has 8 rings (SSSR count). The van der Waals surface area contributed by atoms with Gasteiger partial charge in [-0.25, -0.2) is 4.98 Å². The van der Waals surface area contributed by atoms with Crippen LogP contribution >= 0.6 is 23.1 Å². The van der Waals surface area contributed by atoms with Crippen LogP contribution in [0.4, 0.5) is 0 Å². The average molecular weight is 495 g/mol. The van der Waals surface area contributed by atoms with Crippen LogP contribution < -0.4 is 9.47 Å². The lowest BCUT2D eigenvalue weighted by atomic mass is 9.49. The number of fused-ring (bicyclic) bond motifs is 1. The second-order valence-electron chi connectivity index (χ2n) is 10.7. The summed E-state index contributed by atoms with van der Waals surface area (Å²) in [5.41, 5.74) is 2.64. The van der Waals surface area contributed by atoms with Crippen LogP contribution in [0.2, 0.25) is 0 Å². The van der Waals surface area contributed by atoms with Gasteiger partial charge in [-0.1, -0.05) is 11.8 Å². The maximum atomic E-state index is 5.52. The van der Waals surface area contributed by atoms with Crippen LogP contribution in [0.1, 0.15) is 57.0 Å². The molecule has 8 heteroatoms. The molecule has 2 aromatic heterocycles. The Kier molecular flexibility index (Phi) is 5.16. The van der Waals surface area contributed by atoms with Crippen molar-refractivity contribution in [3.63, 3.8) is 0 Å². The fraction of sp³-hybridized carbons (Fsp3) is 0.577. The van der Waals surface area contributed by atoms with Crippen molar-refractivity contribution in [1.29, 1.82) is 0 Å². The van der Waals surface area contributed by atoms with Crippen molar-refractivity contribution in [2.75, 3.05) is 6.79 Å². The van der Waals surface area contributed by atoms with E-state index in [0.29, 0.717) is 12.2 Å². The number of hydrogen-bond acceptors (Lipinski definition) is 7. The van der Waals surface area contributed by atoms with Crippen molar-refractivity contribution in [3.8, 4) is 22.1 Å². The summed E-state index contributed by atoms with van der Waals surface area (Å²) in [5.74, 6) is 6.53. The van der Waals surface area contributed by atoms with Gasteiger partial charge in [0.1, 0.15) is 10.8 Å². The van der Waals surface area contributed by atoms with Crippen LogP contribution in [0.25, 0.3) is 10.6 Å². The molecule has 0 unspecified atom stereocenters. The average Bonchev–Trinajstić information content (AvgIpc) is 3.55. The van der Waals surface area contributed by atoms with Gasteiger partial charge >= 0.3 is 0 Å². The number of benzene rings is 1. The third kappa shape index (κ3) is 3.73. The zero-order chi connectivity index (χ0) is 22.7. The Morgan fingerprint density at radius 2 is 1.82 bits per heavy atom. The molecular formula is C26H30N4O2S2. The zero-order valence-corrected chi connectivity index (χ0v) is 21.2. The third-order valence-corrected chi connectivity index (χ3v) is 10.3. The molecule has 0 spiro atoms. The number of thiazole rings is 1. The van der Waals surface area contributed by atoms with Crippen LogP contribution in [0.15, 0.2) is 28.7 Å². The Morgan fingerprint density at radius 1 is 1.06 bits per heavy atom. The first-order valence-corrected chi connectivity index (χ1v) is 14.4. The number of aromatic nitrogens is 4. The van der Waals surface area contributed by atoms with Crippen molar-refractivity contribution in [1.82, 2.24) is 19.7 Å². The maximum Gasteiger partial charge on any atom is 0.231 e. The number of hydrogen-bond donors (Lipinski definition) is 0. The van der Waals surface area contributed by atoms with E-state index in [2.05, 4.69) is 22.0 Å². The van der Waals surface area contributed by atoms with Gasteiger partial charge in [-0.05, 0) is 86.8 Å². The summed E-state index contributed by atoms with van der Waals surface area (Å²) in [4.78, 5) is 4.87. The Morgan fingerprint density at radius 3 is 2.59 bits per heavy atom. The molecule has 0 atom stereocenters. The van der Waals surface area contributed by atoms with E-state index in [0.717, 1.165) is 69.4 Å². The van der Waals surface area contributed by atoms with E-state index in [1.54, 1.807) is 23.1 Å². The van der Waals surface area contributed by atoms with Crippen molar-refractivity contribution in [2.45, 2.75) is 69.3 Å². The smallest absolute Gasteiger partial charge is 0.231 e. The van der Waals surface area contributed by atoms with E-state index in [1.807, 2.05) is 18.2 Å². The first kappa shape index (κ1) is 21.2. The third-order valence-electron chi connectivity index (χ3n) is 8.33. The largest absolute Gasteiger partial charge is 0.454 e. The predicted molar refractivity (Wildman–Crippen MR) is 133 cm³/mol. The lowest BCUT2D eigenvalue weighted by Gasteiger charge is -2.56. The summed E-state index contributed by atoms with van der Waals surface area (Å²) < 4.78 is 13.3. The van der Waals surface area contributed by atoms with Crippen LogP contribution in [0.3, 0.4) is 0 Å². The molecule has 4 fully saturated rings. The molecule has 178 valence electrons. The summed E-state index contributed by atoms with van der Waals surface area (Å²) in [5, 5.41) is 13.5. The predicted octanol–water partition coefficient (Wildman–Crippen LogP) is 6.20. The van der Waals surface area contributed by atoms with Gasteiger partial charge in [-0.15, -0.1) is 21.5 Å². The second-order valence-corrected chi connectivity index (χ2v) is 12.5. The minimum absolute atomic E-state index is 0.293. The normalized spacial score (nSPS) is 28.7. The summed E-state index contributed by atoms with van der Waals surface area (Å²) in [6.45, 7) is 3.44. The number of nitrogens with zero attached hydrogens (tertiary/aromatic N) is 4. The van der Waals surface area contributed by atoms with E-state index >= 15 is 0 Å². The summed E-state index contributed by atoms with van der Waals surface area (Å²) in [6.07, 6.45) is 9.83. The molecule has 0 saturated heterocycles. The van der Waals surface area contributed by atoms with E-state index < -0.39 is 0 Å². The van der Waals surface area contributed by atoms with E-state index in [-0.39, 0.29) is 0 Å².